The van der Waals surface area contributed by atoms with Gasteiger partial charge in [0.05, 0.1) is 11.6 Å². The van der Waals surface area contributed by atoms with E-state index in [0.29, 0.717) is 17.7 Å². The number of hydrogen-bond donors (Lipinski definition) is 1. The molecule has 0 aliphatic rings. The Kier molecular flexibility index (Phi) is 4.66. The van der Waals surface area contributed by atoms with Gasteiger partial charge < -0.3 is 4.90 Å². The summed E-state index contributed by atoms with van der Waals surface area (Å²) in [7, 11) is 1.76. The SMILES string of the molecule is Cc1ccc(S)cc1C(=O)N(C)Cc1cccc(C#N)c1. The summed E-state index contributed by atoms with van der Waals surface area (Å²) >= 11 is 4.28. The predicted molar refractivity (Wildman–Crippen MR) is 85.4 cm³/mol. The van der Waals surface area contributed by atoms with Crippen LogP contribution in [-0.2, 0) is 6.54 Å². The Labute approximate surface area is 130 Å². The van der Waals surface area contributed by atoms with Crippen LogP contribution in [0.2, 0.25) is 0 Å². The number of benzene rings is 2. The van der Waals surface area contributed by atoms with E-state index in [-0.39, 0.29) is 5.91 Å². The zero-order valence-corrected chi connectivity index (χ0v) is 12.9. The van der Waals surface area contributed by atoms with Crippen molar-refractivity contribution in [2.24, 2.45) is 0 Å². The fourth-order valence-electron chi connectivity index (χ4n) is 2.13. The van der Waals surface area contributed by atoms with Crippen LogP contribution in [0.15, 0.2) is 47.4 Å². The summed E-state index contributed by atoms with van der Waals surface area (Å²) in [6.07, 6.45) is 0. The molecular weight excluding hydrogens is 280 g/mol. The first-order valence-electron chi connectivity index (χ1n) is 6.55. The number of nitrogens with zero attached hydrogens (tertiary/aromatic N) is 2. The molecular formula is C17H16N2OS. The second-order valence-electron chi connectivity index (χ2n) is 4.97. The van der Waals surface area contributed by atoms with Crippen molar-refractivity contribution < 1.29 is 4.79 Å². The fourth-order valence-corrected chi connectivity index (χ4v) is 2.33. The molecule has 2 aromatic rings. The summed E-state index contributed by atoms with van der Waals surface area (Å²) in [5.74, 6) is -0.0502. The minimum absolute atomic E-state index is 0.0502. The lowest BCUT2D eigenvalue weighted by atomic mass is 10.1. The molecule has 2 rings (SSSR count). The zero-order chi connectivity index (χ0) is 15.4. The number of thiol groups is 1. The second kappa shape index (κ2) is 6.47. The Balaban J connectivity index is 2.19. The van der Waals surface area contributed by atoms with Crippen molar-refractivity contribution in [3.63, 3.8) is 0 Å². The number of carbonyl (C=O) groups is 1. The van der Waals surface area contributed by atoms with Gasteiger partial charge in [-0.25, -0.2) is 0 Å². The Hall–Kier alpha value is -2.25. The summed E-state index contributed by atoms with van der Waals surface area (Å²) in [5, 5.41) is 8.91. The standard InChI is InChI=1S/C17H16N2OS/c1-12-6-7-15(21)9-16(12)17(20)19(2)11-14-5-3-4-13(8-14)10-18/h3-9,21H,11H2,1-2H3. The number of aryl methyl sites for hydroxylation is 1. The normalized spacial score (nSPS) is 10.0. The molecule has 0 radical (unpaired) electrons. The van der Waals surface area contributed by atoms with Crippen LogP contribution < -0.4 is 0 Å². The Morgan fingerprint density at radius 3 is 2.76 bits per heavy atom. The summed E-state index contributed by atoms with van der Waals surface area (Å²) in [6.45, 7) is 2.37. The summed E-state index contributed by atoms with van der Waals surface area (Å²) in [4.78, 5) is 14.9. The Bertz CT molecular complexity index is 719. The van der Waals surface area contributed by atoms with Gasteiger partial charge in [0.25, 0.3) is 5.91 Å². The third-order valence-electron chi connectivity index (χ3n) is 3.27. The van der Waals surface area contributed by atoms with Gasteiger partial charge in [-0.2, -0.15) is 5.26 Å². The molecule has 21 heavy (non-hydrogen) atoms. The lowest BCUT2D eigenvalue weighted by molar-refractivity contribution is 0.0784. The summed E-state index contributed by atoms with van der Waals surface area (Å²) < 4.78 is 0. The number of rotatable bonds is 3. The molecule has 0 aliphatic heterocycles. The van der Waals surface area contributed by atoms with E-state index in [1.54, 1.807) is 30.1 Å². The highest BCUT2D eigenvalue weighted by molar-refractivity contribution is 7.80. The quantitative estimate of drug-likeness (QED) is 0.882. The lowest BCUT2D eigenvalue weighted by Gasteiger charge is -2.19. The van der Waals surface area contributed by atoms with Gasteiger partial charge in [-0.15, -0.1) is 12.6 Å². The fraction of sp³-hybridized carbons (Fsp3) is 0.176. The molecule has 0 aromatic heterocycles. The number of amides is 1. The largest absolute Gasteiger partial charge is 0.337 e. The summed E-state index contributed by atoms with van der Waals surface area (Å²) in [6, 6.07) is 14.9. The van der Waals surface area contributed by atoms with Crippen molar-refractivity contribution >= 4 is 18.5 Å². The molecule has 3 nitrogen and oxygen atoms in total. The monoisotopic (exact) mass is 296 g/mol. The zero-order valence-electron chi connectivity index (χ0n) is 12.0. The molecule has 4 heteroatoms. The van der Waals surface area contributed by atoms with Crippen LogP contribution in [-0.4, -0.2) is 17.9 Å². The molecule has 0 heterocycles. The van der Waals surface area contributed by atoms with Gasteiger partial charge in [0.15, 0.2) is 0 Å². The van der Waals surface area contributed by atoms with Gasteiger partial charge in [-0.05, 0) is 42.3 Å². The molecule has 0 aliphatic carbocycles. The van der Waals surface area contributed by atoms with Crippen LogP contribution in [0, 0.1) is 18.3 Å². The van der Waals surface area contributed by atoms with Crippen molar-refractivity contribution in [1.29, 1.82) is 5.26 Å². The van der Waals surface area contributed by atoms with Crippen molar-refractivity contribution in [1.82, 2.24) is 4.90 Å². The first kappa shape index (κ1) is 15.1. The number of nitriles is 1. The molecule has 0 unspecified atom stereocenters. The molecule has 0 saturated carbocycles. The van der Waals surface area contributed by atoms with E-state index in [2.05, 4.69) is 18.7 Å². The topological polar surface area (TPSA) is 44.1 Å². The summed E-state index contributed by atoms with van der Waals surface area (Å²) in [5.41, 5.74) is 3.11. The average molecular weight is 296 g/mol. The smallest absolute Gasteiger partial charge is 0.254 e. The number of carbonyl (C=O) groups excluding carboxylic acids is 1. The molecule has 0 saturated heterocycles. The Morgan fingerprint density at radius 2 is 2.05 bits per heavy atom. The first-order valence-corrected chi connectivity index (χ1v) is 7.00. The maximum Gasteiger partial charge on any atom is 0.254 e. The average Bonchev–Trinajstić information content (AvgIpc) is 2.49. The predicted octanol–water partition coefficient (Wildman–Crippen LogP) is 3.43. The maximum absolute atomic E-state index is 12.5. The van der Waals surface area contributed by atoms with Gasteiger partial charge >= 0.3 is 0 Å². The highest BCUT2D eigenvalue weighted by Gasteiger charge is 2.14. The van der Waals surface area contributed by atoms with Gasteiger partial charge in [-0.1, -0.05) is 18.2 Å². The molecule has 0 atom stereocenters. The molecule has 106 valence electrons. The second-order valence-corrected chi connectivity index (χ2v) is 5.49. The van der Waals surface area contributed by atoms with Crippen LogP contribution in [0.4, 0.5) is 0 Å². The van der Waals surface area contributed by atoms with Crippen molar-refractivity contribution in [3.8, 4) is 6.07 Å². The van der Waals surface area contributed by atoms with Crippen LogP contribution in [0.1, 0.15) is 27.0 Å². The molecule has 0 bridgehead atoms. The lowest BCUT2D eigenvalue weighted by Crippen LogP contribution is -2.26. The van der Waals surface area contributed by atoms with Crippen molar-refractivity contribution in [2.45, 2.75) is 18.4 Å². The van der Waals surface area contributed by atoms with Gasteiger partial charge in [0.1, 0.15) is 0 Å². The van der Waals surface area contributed by atoms with Crippen LogP contribution in [0.25, 0.3) is 0 Å². The van der Waals surface area contributed by atoms with E-state index < -0.39 is 0 Å². The van der Waals surface area contributed by atoms with E-state index in [1.807, 2.05) is 31.2 Å². The number of hydrogen-bond acceptors (Lipinski definition) is 3. The van der Waals surface area contributed by atoms with Crippen LogP contribution in [0.3, 0.4) is 0 Å². The molecule has 0 fully saturated rings. The van der Waals surface area contributed by atoms with Crippen molar-refractivity contribution in [3.05, 3.63) is 64.7 Å². The molecule has 0 N–H and O–H groups in total. The van der Waals surface area contributed by atoms with E-state index in [4.69, 9.17) is 5.26 Å². The minimum Gasteiger partial charge on any atom is -0.337 e. The van der Waals surface area contributed by atoms with Gasteiger partial charge in [-0.3, -0.25) is 4.79 Å². The van der Waals surface area contributed by atoms with E-state index in [9.17, 15) is 4.79 Å². The van der Waals surface area contributed by atoms with E-state index >= 15 is 0 Å². The molecule has 0 spiro atoms. The molecule has 1 amide bonds. The minimum atomic E-state index is -0.0502. The first-order chi connectivity index (χ1) is 10.0. The third kappa shape index (κ3) is 3.65. The van der Waals surface area contributed by atoms with Crippen LogP contribution >= 0.6 is 12.6 Å². The molecule has 2 aromatic carbocycles. The highest BCUT2D eigenvalue weighted by Crippen LogP contribution is 2.17. The van der Waals surface area contributed by atoms with E-state index in [1.165, 1.54) is 0 Å². The van der Waals surface area contributed by atoms with Crippen LogP contribution in [0.5, 0.6) is 0 Å². The maximum atomic E-state index is 12.5. The Morgan fingerprint density at radius 1 is 1.29 bits per heavy atom. The van der Waals surface area contributed by atoms with Crippen molar-refractivity contribution in [2.75, 3.05) is 7.05 Å². The third-order valence-corrected chi connectivity index (χ3v) is 3.55. The van der Waals surface area contributed by atoms with Gasteiger partial charge in [0.2, 0.25) is 0 Å². The van der Waals surface area contributed by atoms with Gasteiger partial charge in [0, 0.05) is 24.1 Å². The highest BCUT2D eigenvalue weighted by atomic mass is 32.1. The van der Waals surface area contributed by atoms with E-state index in [0.717, 1.165) is 16.0 Å².